The maximum atomic E-state index is 14.4. The van der Waals surface area contributed by atoms with Gasteiger partial charge in [0.25, 0.3) is 0 Å². The topological polar surface area (TPSA) is 88.6 Å². The van der Waals surface area contributed by atoms with Crippen molar-refractivity contribution in [2.24, 2.45) is 0 Å². The molecule has 1 aliphatic rings. The first kappa shape index (κ1) is 26.2. The molecular formula is C25H28Cl2FN5O3. The van der Waals surface area contributed by atoms with E-state index in [0.29, 0.717) is 84.5 Å². The number of nitrogens with zero attached hydrogens (tertiary/aromatic N) is 3. The lowest BCUT2D eigenvalue weighted by atomic mass is 10.1. The molecule has 4 rings (SSSR count). The van der Waals surface area contributed by atoms with Crippen molar-refractivity contribution in [1.29, 1.82) is 0 Å². The van der Waals surface area contributed by atoms with Gasteiger partial charge in [-0.3, -0.25) is 9.69 Å². The van der Waals surface area contributed by atoms with E-state index in [4.69, 9.17) is 32.7 Å². The molecule has 1 aliphatic heterocycles. The second-order valence-electron chi connectivity index (χ2n) is 8.56. The molecule has 0 saturated carbocycles. The third-order valence-corrected chi connectivity index (χ3v) is 6.53. The summed E-state index contributed by atoms with van der Waals surface area (Å²) in [6.07, 6.45) is 2.72. The van der Waals surface area contributed by atoms with Gasteiger partial charge in [0.1, 0.15) is 18.0 Å². The van der Waals surface area contributed by atoms with Crippen LogP contribution in [0.25, 0.3) is 10.9 Å². The Balaban J connectivity index is 1.80. The highest BCUT2D eigenvalue weighted by atomic mass is 35.5. The Kier molecular flexibility index (Phi) is 8.66. The number of hydrogen-bond acceptors (Lipinski definition) is 7. The van der Waals surface area contributed by atoms with Gasteiger partial charge in [-0.15, -0.1) is 11.6 Å². The first-order valence-corrected chi connectivity index (χ1v) is 12.6. The zero-order valence-corrected chi connectivity index (χ0v) is 21.6. The highest BCUT2D eigenvalue weighted by Crippen LogP contribution is 2.36. The number of hydrogen-bond donors (Lipinski definition) is 2. The smallest absolute Gasteiger partial charge is 0.237 e. The third-order valence-electron chi connectivity index (χ3n) is 5.97. The fraction of sp³-hybridized carbons (Fsp3) is 0.400. The van der Waals surface area contributed by atoms with Gasteiger partial charge in [-0.2, -0.15) is 0 Å². The van der Waals surface area contributed by atoms with Crippen LogP contribution in [0.4, 0.5) is 15.9 Å². The summed E-state index contributed by atoms with van der Waals surface area (Å²) in [7, 11) is 1.81. The minimum Gasteiger partial charge on any atom is -0.490 e. The predicted octanol–water partition coefficient (Wildman–Crippen LogP) is 4.89. The number of ether oxygens (including phenoxy) is 2. The number of likely N-dealkylation sites (N-methyl/N-ethyl adjacent to an activating group) is 1. The van der Waals surface area contributed by atoms with Gasteiger partial charge in [0.15, 0.2) is 11.5 Å². The van der Waals surface area contributed by atoms with Crippen molar-refractivity contribution >= 4 is 51.5 Å². The fourth-order valence-corrected chi connectivity index (χ4v) is 4.08. The molecule has 0 unspecified atom stereocenters. The Labute approximate surface area is 219 Å². The van der Waals surface area contributed by atoms with Crippen LogP contribution in [0.2, 0.25) is 5.02 Å². The Bertz CT molecular complexity index is 1250. The van der Waals surface area contributed by atoms with Gasteiger partial charge in [0.05, 0.1) is 29.8 Å². The minimum absolute atomic E-state index is 0.0264. The molecule has 0 fully saturated rings. The molecule has 1 aromatic heterocycles. The molecule has 1 atom stereocenters. The van der Waals surface area contributed by atoms with Crippen molar-refractivity contribution < 1.29 is 18.7 Å². The quantitative estimate of drug-likeness (QED) is 0.363. The maximum Gasteiger partial charge on any atom is 0.237 e. The molecule has 0 aliphatic carbocycles. The zero-order valence-electron chi connectivity index (χ0n) is 20.1. The highest BCUT2D eigenvalue weighted by molar-refractivity contribution is 6.31. The van der Waals surface area contributed by atoms with Crippen LogP contribution in [0.3, 0.4) is 0 Å². The summed E-state index contributed by atoms with van der Waals surface area (Å²) in [5.41, 5.74) is 1.84. The van der Waals surface area contributed by atoms with Crippen molar-refractivity contribution in [3.63, 3.8) is 0 Å². The van der Waals surface area contributed by atoms with Crippen molar-refractivity contribution in [3.05, 3.63) is 47.0 Å². The average molecular weight is 536 g/mol. The summed E-state index contributed by atoms with van der Waals surface area (Å²) < 4.78 is 26.4. The number of anilines is 2. The van der Waals surface area contributed by atoms with Crippen molar-refractivity contribution in [2.45, 2.75) is 32.4 Å². The van der Waals surface area contributed by atoms with Crippen LogP contribution in [0, 0.1) is 5.82 Å². The van der Waals surface area contributed by atoms with Gasteiger partial charge in [-0.05, 0) is 50.6 Å². The largest absolute Gasteiger partial charge is 0.490 e. The standard InChI is InChI=1S/C25H28Cl2FN5O3/c1-15-25(34)29-6-4-8-36-22-10-17-21(12-23(22)35-7-3-5-26)30-14-31-24(17)32-20-11-18(27)19(28)9-16(20)13-33(15)2/h9-12,14-15H,3-8,13H2,1-2H3,(H,29,34)(H,30,31,32)/t15-/m0/s1. The molecule has 1 amide bonds. The van der Waals surface area contributed by atoms with E-state index in [1.165, 1.54) is 18.5 Å². The molecule has 0 saturated heterocycles. The first-order chi connectivity index (χ1) is 17.4. The summed E-state index contributed by atoms with van der Waals surface area (Å²) in [5, 5.41) is 6.89. The SMILES string of the molecule is C[C@H]1C(=O)NCCCOc2cc3c(ncnc3cc2OCCCCl)Nc2cc(Cl)c(F)cc2CN1C. The van der Waals surface area contributed by atoms with Crippen molar-refractivity contribution in [2.75, 3.05) is 38.0 Å². The Hall–Kier alpha value is -2.88. The zero-order chi connectivity index (χ0) is 25.7. The normalized spacial score (nSPS) is 17.2. The summed E-state index contributed by atoms with van der Waals surface area (Å²) >= 11 is 11.9. The summed E-state index contributed by atoms with van der Waals surface area (Å²) in [6.45, 7) is 3.36. The molecule has 8 nitrogen and oxygen atoms in total. The van der Waals surface area contributed by atoms with Gasteiger partial charge in [-0.1, -0.05) is 11.6 Å². The Morgan fingerprint density at radius 3 is 2.92 bits per heavy atom. The van der Waals surface area contributed by atoms with E-state index in [1.54, 1.807) is 13.0 Å². The second-order valence-corrected chi connectivity index (χ2v) is 9.35. The lowest BCUT2D eigenvalue weighted by Gasteiger charge is -2.25. The van der Waals surface area contributed by atoms with E-state index in [-0.39, 0.29) is 10.9 Å². The van der Waals surface area contributed by atoms with Gasteiger partial charge < -0.3 is 20.1 Å². The lowest BCUT2D eigenvalue weighted by molar-refractivity contribution is -0.125. The number of benzene rings is 2. The molecule has 0 radical (unpaired) electrons. The molecule has 2 N–H and O–H groups in total. The monoisotopic (exact) mass is 535 g/mol. The number of carbonyl (C=O) groups excluding carboxylic acids is 1. The van der Waals surface area contributed by atoms with E-state index in [9.17, 15) is 9.18 Å². The van der Waals surface area contributed by atoms with Gasteiger partial charge in [0.2, 0.25) is 5.91 Å². The van der Waals surface area contributed by atoms with Crippen LogP contribution in [-0.2, 0) is 11.3 Å². The number of aromatic nitrogens is 2. The molecule has 3 aromatic rings. The number of amides is 1. The van der Waals surface area contributed by atoms with Crippen LogP contribution in [0.15, 0.2) is 30.6 Å². The molecular weight excluding hydrogens is 508 g/mol. The summed E-state index contributed by atoms with van der Waals surface area (Å²) in [6, 6.07) is 6.06. The van der Waals surface area contributed by atoms with E-state index in [2.05, 4.69) is 20.6 Å². The Morgan fingerprint density at radius 1 is 1.28 bits per heavy atom. The first-order valence-electron chi connectivity index (χ1n) is 11.7. The number of halogens is 3. The molecule has 11 heteroatoms. The van der Waals surface area contributed by atoms with Crippen molar-refractivity contribution in [3.8, 4) is 11.5 Å². The summed E-state index contributed by atoms with van der Waals surface area (Å²) in [4.78, 5) is 23.3. The van der Waals surface area contributed by atoms with Gasteiger partial charge in [-0.25, -0.2) is 14.4 Å². The molecule has 2 heterocycles. The number of fused-ring (bicyclic) bond motifs is 2. The average Bonchev–Trinajstić information content (AvgIpc) is 2.86. The minimum atomic E-state index is -0.543. The van der Waals surface area contributed by atoms with Crippen LogP contribution >= 0.6 is 23.2 Å². The fourth-order valence-electron chi connectivity index (χ4n) is 3.81. The lowest BCUT2D eigenvalue weighted by Crippen LogP contribution is -2.43. The van der Waals surface area contributed by atoms with E-state index >= 15 is 0 Å². The Morgan fingerprint density at radius 2 is 2.11 bits per heavy atom. The highest BCUT2D eigenvalue weighted by Gasteiger charge is 2.21. The molecule has 2 bridgehead atoms. The number of nitrogens with one attached hydrogen (secondary N) is 2. The molecule has 192 valence electrons. The van der Waals surface area contributed by atoms with Crippen LogP contribution in [0.5, 0.6) is 11.5 Å². The third kappa shape index (κ3) is 6.08. The van der Waals surface area contributed by atoms with E-state index in [0.717, 1.165) is 0 Å². The van der Waals surface area contributed by atoms with Crippen molar-refractivity contribution in [1.82, 2.24) is 20.2 Å². The predicted molar refractivity (Wildman–Crippen MR) is 139 cm³/mol. The van der Waals surface area contributed by atoms with Gasteiger partial charge >= 0.3 is 0 Å². The van der Waals surface area contributed by atoms with Crippen LogP contribution in [0.1, 0.15) is 25.3 Å². The molecule has 36 heavy (non-hydrogen) atoms. The van der Waals surface area contributed by atoms with E-state index in [1.807, 2.05) is 18.0 Å². The maximum absolute atomic E-state index is 14.4. The summed E-state index contributed by atoms with van der Waals surface area (Å²) in [5.74, 6) is 1.39. The van der Waals surface area contributed by atoms with E-state index < -0.39 is 11.9 Å². The molecule has 2 aromatic carbocycles. The number of rotatable bonds is 4. The number of alkyl halides is 1. The number of carbonyl (C=O) groups is 1. The van der Waals surface area contributed by atoms with Crippen LogP contribution < -0.4 is 20.1 Å². The molecule has 0 spiro atoms. The van der Waals surface area contributed by atoms with Gasteiger partial charge in [0, 0.05) is 36.1 Å². The second kappa shape index (κ2) is 11.9. The van der Waals surface area contributed by atoms with Crippen LogP contribution in [-0.4, -0.2) is 59.5 Å².